The molecule has 2 atom stereocenters. The molecule has 5 rings (SSSR count). The number of esters is 1. The average molecular weight is 686 g/mol. The van der Waals surface area contributed by atoms with Crippen LogP contribution in [-0.4, -0.2) is 65.1 Å². The number of alkyl halides is 1. The Balaban J connectivity index is 0.00000140. The number of halogens is 2. The number of aliphatic hydroxyl groups excluding tert-OH is 1. The van der Waals surface area contributed by atoms with Gasteiger partial charge in [0, 0.05) is 61.3 Å². The molecule has 4 aromatic rings. The van der Waals surface area contributed by atoms with Gasteiger partial charge in [-0.15, -0.1) is 0 Å². The molecule has 49 heavy (non-hydrogen) atoms. The van der Waals surface area contributed by atoms with E-state index in [4.69, 9.17) is 9.84 Å². The maximum absolute atomic E-state index is 14.3. The minimum Gasteiger partial charge on any atom is -0.463 e. The number of carbonyl (C=O) groups is 1. The lowest BCUT2D eigenvalue weighted by atomic mass is 9.95. The van der Waals surface area contributed by atoms with Gasteiger partial charge in [-0.2, -0.15) is 0 Å². The number of carbonyl (C=O) groups excluding carboxylic acids is 1. The van der Waals surface area contributed by atoms with Crippen LogP contribution < -0.4 is 0 Å². The summed E-state index contributed by atoms with van der Waals surface area (Å²) in [4.78, 5) is 14.3. The van der Waals surface area contributed by atoms with E-state index in [0.717, 1.165) is 64.4 Å². The first-order valence-corrected chi connectivity index (χ1v) is 18.3. The van der Waals surface area contributed by atoms with Gasteiger partial charge in [-0.3, -0.25) is 9.18 Å². The highest BCUT2D eigenvalue weighted by Crippen LogP contribution is 2.29. The number of benzene rings is 2. The molecule has 8 heteroatoms. The molecule has 0 spiro atoms. The van der Waals surface area contributed by atoms with Crippen LogP contribution >= 0.6 is 0 Å². The van der Waals surface area contributed by atoms with Crippen molar-refractivity contribution in [2.24, 2.45) is 5.92 Å². The Kier molecular flexibility index (Phi) is 21.5. The molecule has 0 bridgehead atoms. The van der Waals surface area contributed by atoms with E-state index in [0.29, 0.717) is 25.6 Å². The van der Waals surface area contributed by atoms with Gasteiger partial charge < -0.3 is 23.9 Å². The van der Waals surface area contributed by atoms with Crippen molar-refractivity contribution in [3.8, 4) is 0 Å². The number of ether oxygens (including phenoxy) is 1. The Labute approximate surface area is 295 Å². The van der Waals surface area contributed by atoms with Crippen LogP contribution in [0.15, 0.2) is 54.9 Å². The monoisotopic (exact) mass is 685 g/mol. The lowest BCUT2D eigenvalue weighted by Crippen LogP contribution is -2.26. The van der Waals surface area contributed by atoms with Crippen molar-refractivity contribution in [3.63, 3.8) is 0 Å². The third-order valence-electron chi connectivity index (χ3n) is 8.77. The highest BCUT2D eigenvalue weighted by atomic mass is 19.1. The molecule has 0 saturated carbocycles. The van der Waals surface area contributed by atoms with Crippen molar-refractivity contribution in [1.29, 1.82) is 0 Å². The second kappa shape index (κ2) is 24.0. The van der Waals surface area contributed by atoms with Gasteiger partial charge in [-0.05, 0) is 101 Å². The average Bonchev–Trinajstić information content (AvgIpc) is 3.80. The molecule has 2 unspecified atom stereocenters. The Morgan fingerprint density at radius 1 is 0.898 bits per heavy atom. The number of unbranched alkanes of at least 4 members (excludes halogenated alkanes) is 1. The molecular weight excluding hydrogens is 620 g/mol. The van der Waals surface area contributed by atoms with E-state index in [1.54, 1.807) is 12.1 Å². The maximum atomic E-state index is 14.3. The van der Waals surface area contributed by atoms with E-state index in [9.17, 15) is 13.6 Å². The number of nitrogens with zero attached hydrogens (tertiary/aromatic N) is 3. The van der Waals surface area contributed by atoms with Crippen molar-refractivity contribution >= 4 is 27.8 Å². The summed E-state index contributed by atoms with van der Waals surface area (Å²) < 4.78 is 33.7. The fourth-order valence-corrected chi connectivity index (χ4v) is 6.63. The number of aromatic nitrogens is 2. The highest BCUT2D eigenvalue weighted by Gasteiger charge is 2.23. The first-order valence-electron chi connectivity index (χ1n) is 18.3. The number of fused-ring (bicyclic) bond motifs is 2. The molecule has 0 radical (unpaired) electrons. The minimum absolute atomic E-state index is 0.0443. The van der Waals surface area contributed by atoms with Gasteiger partial charge in [0.1, 0.15) is 5.82 Å². The second-order valence-electron chi connectivity index (χ2n) is 12.4. The lowest BCUT2D eigenvalue weighted by Gasteiger charge is -2.18. The summed E-state index contributed by atoms with van der Waals surface area (Å²) in [5, 5.41) is 9.49. The lowest BCUT2D eigenvalue weighted by molar-refractivity contribution is -0.147. The summed E-state index contributed by atoms with van der Waals surface area (Å²) in [5.74, 6) is 0.260. The molecule has 276 valence electrons. The molecule has 1 fully saturated rings. The molecule has 2 aromatic heterocycles. The van der Waals surface area contributed by atoms with E-state index >= 15 is 0 Å². The topological polar surface area (TPSA) is 59.6 Å². The third kappa shape index (κ3) is 13.2. The van der Waals surface area contributed by atoms with Gasteiger partial charge in [-0.1, -0.05) is 65.7 Å². The molecule has 1 aliphatic rings. The summed E-state index contributed by atoms with van der Waals surface area (Å²) in [6.45, 7) is 16.9. The van der Waals surface area contributed by atoms with E-state index in [1.165, 1.54) is 40.3 Å². The zero-order valence-corrected chi connectivity index (χ0v) is 32.1. The second-order valence-corrected chi connectivity index (χ2v) is 12.4. The maximum Gasteiger partial charge on any atom is 0.306 e. The van der Waals surface area contributed by atoms with Crippen molar-refractivity contribution in [2.45, 2.75) is 125 Å². The van der Waals surface area contributed by atoms with Crippen LogP contribution in [0.3, 0.4) is 0 Å². The molecular formula is C41H65F2N3O3. The number of aliphatic hydroxyl groups is 1. The van der Waals surface area contributed by atoms with E-state index in [-0.39, 0.29) is 17.9 Å². The Bertz CT molecular complexity index is 1480. The number of aryl methyl sites for hydroxylation is 2. The van der Waals surface area contributed by atoms with Gasteiger partial charge in [0.15, 0.2) is 0 Å². The van der Waals surface area contributed by atoms with Crippen molar-refractivity contribution in [2.75, 3.05) is 27.9 Å². The third-order valence-corrected chi connectivity index (χ3v) is 8.77. The van der Waals surface area contributed by atoms with Gasteiger partial charge >= 0.3 is 5.97 Å². The Hall–Kier alpha value is -3.23. The van der Waals surface area contributed by atoms with Crippen LogP contribution in [0, 0.1) is 11.7 Å². The van der Waals surface area contributed by atoms with Crippen molar-refractivity contribution < 1.29 is 23.4 Å². The molecule has 3 heterocycles. The van der Waals surface area contributed by atoms with Gasteiger partial charge in [-0.25, -0.2) is 4.39 Å². The fourth-order valence-electron chi connectivity index (χ4n) is 6.63. The molecule has 2 aromatic carbocycles. The first kappa shape index (κ1) is 43.8. The largest absolute Gasteiger partial charge is 0.463 e. The number of rotatable bonds is 13. The van der Waals surface area contributed by atoms with Crippen LogP contribution in [-0.2, 0) is 35.5 Å². The van der Waals surface area contributed by atoms with E-state index in [2.05, 4.69) is 64.7 Å². The smallest absolute Gasteiger partial charge is 0.306 e. The highest BCUT2D eigenvalue weighted by molar-refractivity contribution is 5.85. The first-order chi connectivity index (χ1) is 23.8. The summed E-state index contributed by atoms with van der Waals surface area (Å²) in [6, 6.07) is 14.5. The van der Waals surface area contributed by atoms with Gasteiger partial charge in [0.05, 0.1) is 18.8 Å². The normalized spacial score (nSPS) is 14.5. The van der Waals surface area contributed by atoms with Crippen molar-refractivity contribution in [3.05, 3.63) is 71.8 Å². The predicted octanol–water partition coefficient (Wildman–Crippen LogP) is 10.0. The fraction of sp³-hybridized carbons (Fsp3) is 0.585. The predicted molar refractivity (Wildman–Crippen MR) is 204 cm³/mol. The minimum atomic E-state index is -0.180. The molecule has 1 aliphatic heterocycles. The van der Waals surface area contributed by atoms with E-state index < -0.39 is 0 Å². The van der Waals surface area contributed by atoms with Crippen LogP contribution in [0.25, 0.3) is 21.8 Å². The SMILES string of the molecule is CC.CC.CC(CCCCC(=O)OC(C)C)Cc1cn(CCn2cc(CC3CCCN3C)c3ccc(F)cc32)c2ccccc12.CF.CO. The molecule has 0 aliphatic carbocycles. The summed E-state index contributed by atoms with van der Waals surface area (Å²) in [5.41, 5.74) is 4.94. The standard InChI is InChI=1S/C35H46FN3O2.2C2H6.CH3F.CH4O/c1-25(2)41-35(40)14-8-5-10-26(3)20-27-23-38(33-13-7-6-12-31(27)33)18-19-39-24-28(21-30-11-9-17-37(30)4)32-16-15-29(36)22-34(32)39;4*1-2/h6-7,12-13,15-16,22-26,30H,5,8-11,14,17-21H2,1-4H3;2*1-2H3;1H3;2H,1H3. The van der Waals surface area contributed by atoms with Crippen molar-refractivity contribution in [1.82, 2.24) is 14.0 Å². The van der Waals surface area contributed by atoms with Gasteiger partial charge in [0.25, 0.3) is 0 Å². The summed E-state index contributed by atoms with van der Waals surface area (Å²) in [6.07, 6.45) is 12.6. The number of para-hydroxylation sites is 1. The van der Waals surface area contributed by atoms with Crippen LogP contribution in [0.1, 0.15) is 98.1 Å². The number of hydrogen-bond acceptors (Lipinski definition) is 4. The van der Waals surface area contributed by atoms with Gasteiger partial charge in [0.2, 0.25) is 0 Å². The number of likely N-dealkylation sites (tertiary alicyclic amines) is 1. The number of hydrogen-bond donors (Lipinski definition) is 1. The summed E-state index contributed by atoms with van der Waals surface area (Å²) in [7, 11) is 3.72. The van der Waals surface area contributed by atoms with Crippen LogP contribution in [0.5, 0.6) is 0 Å². The Morgan fingerprint density at radius 3 is 2.14 bits per heavy atom. The molecule has 0 amide bonds. The molecule has 6 nitrogen and oxygen atoms in total. The number of likely N-dealkylation sites (N-methyl/N-ethyl adjacent to an activating group) is 1. The zero-order valence-electron chi connectivity index (χ0n) is 32.1. The molecule has 1 N–H and O–H groups in total. The quantitative estimate of drug-likeness (QED) is 0.112. The van der Waals surface area contributed by atoms with Crippen LogP contribution in [0.2, 0.25) is 0 Å². The molecule has 1 saturated heterocycles. The van der Waals surface area contributed by atoms with Crippen LogP contribution in [0.4, 0.5) is 8.78 Å². The summed E-state index contributed by atoms with van der Waals surface area (Å²) >= 11 is 0. The Morgan fingerprint density at radius 2 is 1.51 bits per heavy atom. The zero-order chi connectivity index (χ0) is 36.9. The van der Waals surface area contributed by atoms with E-state index in [1.807, 2.05) is 47.6 Å².